The predicted molar refractivity (Wildman–Crippen MR) is 87.5 cm³/mol. The zero-order valence-electron chi connectivity index (χ0n) is 13.8. The summed E-state index contributed by atoms with van der Waals surface area (Å²) in [5, 5.41) is 15.8. The molecule has 0 aromatic carbocycles. The highest BCUT2D eigenvalue weighted by molar-refractivity contribution is 6.00. The lowest BCUT2D eigenvalue weighted by Gasteiger charge is -2.31. The van der Waals surface area contributed by atoms with E-state index in [4.69, 9.17) is 5.11 Å². The second kappa shape index (κ2) is 7.04. The molecule has 1 fully saturated rings. The van der Waals surface area contributed by atoms with E-state index in [1.807, 2.05) is 17.8 Å². The van der Waals surface area contributed by atoms with Gasteiger partial charge in [-0.15, -0.1) is 0 Å². The predicted octanol–water partition coefficient (Wildman–Crippen LogP) is 0.0236. The van der Waals surface area contributed by atoms with Crippen molar-refractivity contribution in [3.8, 4) is 0 Å². The minimum atomic E-state index is -0.194. The Morgan fingerprint density at radius 2 is 2.25 bits per heavy atom. The van der Waals surface area contributed by atoms with Crippen molar-refractivity contribution in [3.05, 3.63) is 24.2 Å². The van der Waals surface area contributed by atoms with Gasteiger partial charge in [0.2, 0.25) is 5.91 Å². The Kier molecular flexibility index (Phi) is 4.84. The fourth-order valence-corrected chi connectivity index (χ4v) is 3.18. The average molecular weight is 333 g/mol. The molecule has 0 bridgehead atoms. The number of carbonyl (C=O) groups is 2. The van der Waals surface area contributed by atoms with E-state index in [2.05, 4.69) is 10.4 Å². The van der Waals surface area contributed by atoms with E-state index in [0.717, 1.165) is 18.5 Å². The molecule has 1 atom stereocenters. The molecule has 0 saturated carbocycles. The molecule has 130 valence electrons. The van der Waals surface area contributed by atoms with Gasteiger partial charge in [-0.3, -0.25) is 9.59 Å². The summed E-state index contributed by atoms with van der Waals surface area (Å²) in [6, 6.07) is 0. The van der Waals surface area contributed by atoms with Gasteiger partial charge in [-0.1, -0.05) is 0 Å². The number of aliphatic hydroxyl groups excluding tert-OH is 1. The van der Waals surface area contributed by atoms with E-state index in [9.17, 15) is 9.59 Å². The molecule has 2 aromatic heterocycles. The van der Waals surface area contributed by atoms with Crippen molar-refractivity contribution in [2.75, 3.05) is 26.2 Å². The molecule has 1 aliphatic rings. The number of likely N-dealkylation sites (tertiary alicyclic amines) is 1. The lowest BCUT2D eigenvalue weighted by atomic mass is 9.96. The molecule has 3 rings (SSSR count). The Labute approximate surface area is 140 Å². The summed E-state index contributed by atoms with van der Waals surface area (Å²) in [7, 11) is 1.88. The summed E-state index contributed by atoms with van der Waals surface area (Å²) < 4.78 is 3.54. The molecule has 0 unspecified atom stereocenters. The van der Waals surface area contributed by atoms with E-state index in [1.165, 1.54) is 0 Å². The molecule has 0 spiro atoms. The van der Waals surface area contributed by atoms with Crippen molar-refractivity contribution < 1.29 is 14.7 Å². The Bertz CT molecular complexity index is 735. The molecule has 2 N–H and O–H groups in total. The van der Waals surface area contributed by atoms with E-state index in [-0.39, 0.29) is 24.3 Å². The van der Waals surface area contributed by atoms with Crippen LogP contribution in [-0.2, 0) is 11.8 Å². The van der Waals surface area contributed by atoms with Crippen LogP contribution in [0, 0.1) is 5.92 Å². The number of amides is 2. The third-order valence-corrected chi connectivity index (χ3v) is 4.48. The molecule has 2 amide bonds. The van der Waals surface area contributed by atoms with Crippen LogP contribution in [0.4, 0.5) is 0 Å². The van der Waals surface area contributed by atoms with Gasteiger partial charge in [0, 0.05) is 45.7 Å². The van der Waals surface area contributed by atoms with Crippen molar-refractivity contribution >= 4 is 17.5 Å². The van der Waals surface area contributed by atoms with Gasteiger partial charge >= 0.3 is 0 Å². The standard InChI is InChI=1S/C16H23N5O3/c1-19-7-8-21-15(19)13(10-18-21)16(24)20-6-2-4-12(11-20)14(23)17-5-3-9-22/h7-8,10,12,22H,2-6,9,11H2,1H3,(H,17,23)/t12-/m0/s1. The van der Waals surface area contributed by atoms with Gasteiger partial charge < -0.3 is 19.9 Å². The molecule has 2 aromatic rings. The van der Waals surface area contributed by atoms with E-state index < -0.39 is 0 Å². The number of aromatic nitrogens is 3. The number of hydrogen-bond donors (Lipinski definition) is 2. The number of rotatable bonds is 5. The maximum Gasteiger partial charge on any atom is 0.259 e. The van der Waals surface area contributed by atoms with Gasteiger partial charge in [0.15, 0.2) is 0 Å². The van der Waals surface area contributed by atoms with Crippen molar-refractivity contribution in [2.45, 2.75) is 19.3 Å². The second-order valence-electron chi connectivity index (χ2n) is 6.19. The number of carbonyl (C=O) groups excluding carboxylic acids is 2. The van der Waals surface area contributed by atoms with Crippen molar-refractivity contribution in [1.82, 2.24) is 24.4 Å². The van der Waals surface area contributed by atoms with Crippen LogP contribution in [0.25, 0.3) is 5.65 Å². The third-order valence-electron chi connectivity index (χ3n) is 4.48. The molecule has 0 aliphatic carbocycles. The summed E-state index contributed by atoms with van der Waals surface area (Å²) in [6.45, 7) is 1.60. The van der Waals surface area contributed by atoms with Gasteiger partial charge in [0.1, 0.15) is 11.2 Å². The van der Waals surface area contributed by atoms with Crippen LogP contribution < -0.4 is 5.32 Å². The summed E-state index contributed by atoms with van der Waals surface area (Å²) in [4.78, 5) is 26.8. The summed E-state index contributed by atoms with van der Waals surface area (Å²) in [5.74, 6) is -0.319. The first-order valence-corrected chi connectivity index (χ1v) is 8.28. The Morgan fingerprint density at radius 3 is 3.04 bits per heavy atom. The number of nitrogens with zero attached hydrogens (tertiary/aromatic N) is 4. The summed E-state index contributed by atoms with van der Waals surface area (Å²) in [5.41, 5.74) is 1.32. The number of aliphatic hydroxyl groups is 1. The molecule has 8 nitrogen and oxygen atoms in total. The normalized spacial score (nSPS) is 18.1. The highest BCUT2D eigenvalue weighted by Gasteiger charge is 2.30. The van der Waals surface area contributed by atoms with Crippen LogP contribution in [0.2, 0.25) is 0 Å². The lowest BCUT2D eigenvalue weighted by Crippen LogP contribution is -2.45. The summed E-state index contributed by atoms with van der Waals surface area (Å²) >= 11 is 0. The molecule has 1 saturated heterocycles. The van der Waals surface area contributed by atoms with Crippen LogP contribution >= 0.6 is 0 Å². The molecular formula is C16H23N5O3. The largest absolute Gasteiger partial charge is 0.396 e. The van der Waals surface area contributed by atoms with Crippen molar-refractivity contribution in [3.63, 3.8) is 0 Å². The number of fused-ring (bicyclic) bond motifs is 1. The van der Waals surface area contributed by atoms with Gasteiger partial charge in [-0.05, 0) is 19.3 Å². The van der Waals surface area contributed by atoms with Crippen LogP contribution in [0.15, 0.2) is 18.6 Å². The van der Waals surface area contributed by atoms with Crippen LogP contribution in [0.5, 0.6) is 0 Å². The van der Waals surface area contributed by atoms with Gasteiger partial charge in [-0.25, -0.2) is 4.52 Å². The van der Waals surface area contributed by atoms with Gasteiger partial charge in [0.25, 0.3) is 5.91 Å². The first kappa shape index (κ1) is 16.5. The number of nitrogens with one attached hydrogen (secondary N) is 1. The SMILES string of the molecule is Cn1ccn2ncc(C(=O)N3CCC[C@H](C(=O)NCCCO)C3)c12. The smallest absolute Gasteiger partial charge is 0.259 e. The Morgan fingerprint density at radius 1 is 1.42 bits per heavy atom. The topological polar surface area (TPSA) is 91.9 Å². The lowest BCUT2D eigenvalue weighted by molar-refractivity contribution is -0.126. The molecule has 0 radical (unpaired) electrons. The van der Waals surface area contributed by atoms with Crippen LogP contribution in [0.3, 0.4) is 0 Å². The van der Waals surface area contributed by atoms with E-state index >= 15 is 0 Å². The maximum absolute atomic E-state index is 12.8. The quantitative estimate of drug-likeness (QED) is 0.755. The first-order chi connectivity index (χ1) is 11.6. The number of imidazole rings is 1. The maximum atomic E-state index is 12.8. The molecular weight excluding hydrogens is 310 g/mol. The number of piperidine rings is 1. The zero-order valence-corrected chi connectivity index (χ0v) is 13.8. The zero-order chi connectivity index (χ0) is 17.1. The van der Waals surface area contributed by atoms with Gasteiger partial charge in [-0.2, -0.15) is 5.10 Å². The minimum absolute atomic E-state index is 0.0417. The van der Waals surface area contributed by atoms with E-state index in [0.29, 0.717) is 31.6 Å². The van der Waals surface area contributed by atoms with Crippen LogP contribution in [-0.4, -0.2) is 62.2 Å². The van der Waals surface area contributed by atoms with Crippen molar-refractivity contribution in [2.24, 2.45) is 13.0 Å². The highest BCUT2D eigenvalue weighted by Crippen LogP contribution is 2.21. The molecule has 8 heteroatoms. The Hall–Kier alpha value is -2.35. The summed E-state index contributed by atoms with van der Waals surface area (Å²) in [6.07, 6.45) is 7.38. The molecule has 1 aliphatic heterocycles. The second-order valence-corrected chi connectivity index (χ2v) is 6.19. The van der Waals surface area contributed by atoms with E-state index in [1.54, 1.807) is 21.8 Å². The Balaban J connectivity index is 1.69. The average Bonchev–Trinajstić information content (AvgIpc) is 3.18. The number of aryl methyl sites for hydroxylation is 1. The molecule has 24 heavy (non-hydrogen) atoms. The fourth-order valence-electron chi connectivity index (χ4n) is 3.18. The van der Waals surface area contributed by atoms with Crippen molar-refractivity contribution in [1.29, 1.82) is 0 Å². The monoisotopic (exact) mass is 333 g/mol. The number of hydrogen-bond acceptors (Lipinski definition) is 4. The first-order valence-electron chi connectivity index (χ1n) is 8.28. The highest BCUT2D eigenvalue weighted by atomic mass is 16.3. The molecule has 3 heterocycles. The van der Waals surface area contributed by atoms with Gasteiger partial charge in [0.05, 0.1) is 12.1 Å². The fraction of sp³-hybridized carbons (Fsp3) is 0.562. The van der Waals surface area contributed by atoms with Crippen LogP contribution in [0.1, 0.15) is 29.6 Å². The third kappa shape index (κ3) is 3.14. The minimum Gasteiger partial charge on any atom is -0.396 e.